The van der Waals surface area contributed by atoms with Gasteiger partial charge in [-0.25, -0.2) is 0 Å². The van der Waals surface area contributed by atoms with E-state index in [1.54, 1.807) is 0 Å². The number of allylic oxidation sites excluding steroid dienone is 14. The molecule has 0 bridgehead atoms. The van der Waals surface area contributed by atoms with E-state index in [9.17, 15) is 14.4 Å². The molecule has 0 aromatic rings. The van der Waals surface area contributed by atoms with Crippen LogP contribution in [0.5, 0.6) is 0 Å². The molecule has 1 unspecified atom stereocenters. The third-order valence-corrected chi connectivity index (χ3v) is 12.6. The number of carbonyl (C=O) groups excluding carboxylic acids is 3. The summed E-state index contributed by atoms with van der Waals surface area (Å²) in [7, 11) is 0. The summed E-state index contributed by atoms with van der Waals surface area (Å²) in [6, 6.07) is 0. The Morgan fingerprint density at radius 3 is 0.957 bits per heavy atom. The van der Waals surface area contributed by atoms with Gasteiger partial charge in [-0.1, -0.05) is 266 Å². The van der Waals surface area contributed by atoms with Gasteiger partial charge < -0.3 is 14.2 Å². The summed E-state index contributed by atoms with van der Waals surface area (Å²) in [5, 5.41) is 0. The molecule has 0 rings (SSSR count). The maximum absolute atomic E-state index is 12.8. The fraction of sp³-hybridized carbons (Fsp3) is 0.734. The zero-order valence-corrected chi connectivity index (χ0v) is 46.0. The molecule has 0 aliphatic heterocycles. The number of hydrogen-bond donors (Lipinski definition) is 0. The van der Waals surface area contributed by atoms with E-state index in [4.69, 9.17) is 14.2 Å². The Kier molecular flexibility index (Phi) is 55.3. The topological polar surface area (TPSA) is 78.9 Å². The van der Waals surface area contributed by atoms with E-state index in [1.807, 2.05) is 6.08 Å². The van der Waals surface area contributed by atoms with Crippen molar-refractivity contribution in [1.82, 2.24) is 0 Å². The molecule has 0 aromatic heterocycles. The van der Waals surface area contributed by atoms with Crippen LogP contribution in [0.3, 0.4) is 0 Å². The van der Waals surface area contributed by atoms with Crippen LogP contribution < -0.4 is 0 Å². The fourth-order valence-corrected chi connectivity index (χ4v) is 8.23. The third kappa shape index (κ3) is 55.5. The smallest absolute Gasteiger partial charge is 0.306 e. The SMILES string of the molecule is CC/C=C\C/C=C\C/C=C\C/C=C\CCC(=O)OCC(COC(=O)CCCCCCCCCCCC/C=C\C/C=C\C/C=C\CCCCCCC)OC(=O)CCCCCCCCCCCCCCCC. The van der Waals surface area contributed by atoms with Crippen LogP contribution in [0.2, 0.25) is 0 Å². The molecule has 0 aliphatic rings. The number of unbranched alkanes of at least 4 members (excludes halogenated alkanes) is 28. The predicted molar refractivity (Wildman–Crippen MR) is 302 cm³/mol. The van der Waals surface area contributed by atoms with Crippen molar-refractivity contribution < 1.29 is 28.6 Å². The summed E-state index contributed by atoms with van der Waals surface area (Å²) in [4.78, 5) is 38.1. The average Bonchev–Trinajstić information content (AvgIpc) is 3.36. The first kappa shape index (κ1) is 66.6. The molecule has 1 atom stereocenters. The Hall–Kier alpha value is -3.41. The molecule has 0 amide bonds. The van der Waals surface area contributed by atoms with E-state index >= 15 is 0 Å². The van der Waals surface area contributed by atoms with Gasteiger partial charge in [0, 0.05) is 19.3 Å². The number of hydrogen-bond acceptors (Lipinski definition) is 6. The maximum Gasteiger partial charge on any atom is 0.306 e. The molecular weight excluding hydrogens is 865 g/mol. The lowest BCUT2D eigenvalue weighted by Crippen LogP contribution is -2.30. The highest BCUT2D eigenvalue weighted by atomic mass is 16.6. The Balaban J connectivity index is 4.33. The third-order valence-electron chi connectivity index (χ3n) is 12.6. The minimum Gasteiger partial charge on any atom is -0.462 e. The van der Waals surface area contributed by atoms with Crippen LogP contribution in [-0.2, 0) is 28.6 Å². The van der Waals surface area contributed by atoms with Crippen LogP contribution in [0.25, 0.3) is 0 Å². The van der Waals surface area contributed by atoms with Crippen molar-refractivity contribution >= 4 is 17.9 Å². The van der Waals surface area contributed by atoms with Crippen molar-refractivity contribution in [2.45, 2.75) is 290 Å². The van der Waals surface area contributed by atoms with Gasteiger partial charge in [-0.3, -0.25) is 14.4 Å². The van der Waals surface area contributed by atoms with Crippen molar-refractivity contribution in [2.75, 3.05) is 13.2 Å². The van der Waals surface area contributed by atoms with Crippen LogP contribution in [0.1, 0.15) is 284 Å². The second kappa shape index (κ2) is 58.2. The lowest BCUT2D eigenvalue weighted by molar-refractivity contribution is -0.166. The predicted octanol–water partition coefficient (Wildman–Crippen LogP) is 19.9. The van der Waals surface area contributed by atoms with Gasteiger partial charge in [-0.2, -0.15) is 0 Å². The first-order valence-electron chi connectivity index (χ1n) is 29.6. The highest BCUT2D eigenvalue weighted by Gasteiger charge is 2.19. The molecule has 0 aliphatic carbocycles. The molecule has 0 spiro atoms. The minimum absolute atomic E-state index is 0.0987. The zero-order valence-electron chi connectivity index (χ0n) is 46.0. The molecule has 0 fully saturated rings. The van der Waals surface area contributed by atoms with Gasteiger partial charge in [0.2, 0.25) is 0 Å². The summed E-state index contributed by atoms with van der Waals surface area (Å²) in [5.74, 6) is -0.980. The van der Waals surface area contributed by atoms with Crippen molar-refractivity contribution in [3.63, 3.8) is 0 Å². The lowest BCUT2D eigenvalue weighted by atomic mass is 10.0. The van der Waals surface area contributed by atoms with E-state index in [1.165, 1.54) is 161 Å². The van der Waals surface area contributed by atoms with E-state index < -0.39 is 6.10 Å². The molecule has 0 saturated heterocycles. The lowest BCUT2D eigenvalue weighted by Gasteiger charge is -2.18. The van der Waals surface area contributed by atoms with Crippen LogP contribution in [-0.4, -0.2) is 37.2 Å². The number of ether oxygens (including phenoxy) is 3. The van der Waals surface area contributed by atoms with Gasteiger partial charge in [0.05, 0.1) is 0 Å². The molecule has 0 N–H and O–H groups in total. The first-order valence-corrected chi connectivity index (χ1v) is 29.6. The summed E-state index contributed by atoms with van der Waals surface area (Å²) in [5.41, 5.74) is 0. The zero-order chi connectivity index (χ0) is 50.7. The van der Waals surface area contributed by atoms with Crippen molar-refractivity contribution in [3.8, 4) is 0 Å². The number of rotatable bonds is 53. The van der Waals surface area contributed by atoms with Gasteiger partial charge >= 0.3 is 17.9 Å². The van der Waals surface area contributed by atoms with Gasteiger partial charge in [-0.05, 0) is 83.5 Å². The van der Waals surface area contributed by atoms with Gasteiger partial charge in [0.1, 0.15) is 13.2 Å². The van der Waals surface area contributed by atoms with Crippen LogP contribution in [0.15, 0.2) is 85.1 Å². The van der Waals surface area contributed by atoms with Crippen LogP contribution in [0.4, 0.5) is 0 Å². The summed E-state index contributed by atoms with van der Waals surface area (Å²) in [6.45, 7) is 6.46. The highest BCUT2D eigenvalue weighted by molar-refractivity contribution is 5.71. The van der Waals surface area contributed by atoms with Gasteiger partial charge in [0.25, 0.3) is 0 Å². The molecule has 0 saturated carbocycles. The molecule has 402 valence electrons. The first-order chi connectivity index (χ1) is 34.5. The normalized spacial score (nSPS) is 12.7. The molecule has 0 radical (unpaired) electrons. The molecule has 70 heavy (non-hydrogen) atoms. The molecular formula is C64H110O6. The Morgan fingerprint density at radius 2 is 0.586 bits per heavy atom. The van der Waals surface area contributed by atoms with Gasteiger partial charge in [0.15, 0.2) is 6.10 Å². The average molecular weight is 976 g/mol. The number of carbonyl (C=O) groups is 3. The summed E-state index contributed by atoms with van der Waals surface area (Å²) >= 11 is 0. The molecule has 6 nitrogen and oxygen atoms in total. The highest BCUT2D eigenvalue weighted by Crippen LogP contribution is 2.16. The van der Waals surface area contributed by atoms with Crippen molar-refractivity contribution in [1.29, 1.82) is 0 Å². The summed E-state index contributed by atoms with van der Waals surface area (Å²) < 4.78 is 16.8. The fourth-order valence-electron chi connectivity index (χ4n) is 8.23. The Morgan fingerprint density at radius 1 is 0.300 bits per heavy atom. The second-order valence-electron chi connectivity index (χ2n) is 19.5. The monoisotopic (exact) mass is 975 g/mol. The molecule has 6 heteroatoms. The second-order valence-corrected chi connectivity index (χ2v) is 19.5. The molecule has 0 heterocycles. The Bertz CT molecular complexity index is 1350. The standard InChI is InChI=1S/C64H110O6/c1-4-7-10-13-16-19-22-25-27-28-29-30-31-32-33-34-35-36-37-40-42-45-48-51-54-57-63(66)69-60-61(59-68-62(65)56-53-50-47-44-41-38-24-21-18-15-12-9-6-3)70-64(67)58-55-52-49-46-43-39-26-23-20-17-14-11-8-5-2/h9,12,18,21-22,25,28-29,31-32,38,41,47,50,61H,4-8,10-11,13-17,19-20,23-24,26-27,30,33-37,39-40,42-46,48-49,51-60H2,1-3H3/b12-9-,21-18-,25-22-,29-28-,32-31-,41-38-,50-47-. The summed E-state index contributed by atoms with van der Waals surface area (Å²) in [6.07, 6.45) is 76.0. The van der Waals surface area contributed by atoms with Gasteiger partial charge in [-0.15, -0.1) is 0 Å². The number of esters is 3. The van der Waals surface area contributed by atoms with E-state index in [2.05, 4.69) is 99.8 Å². The van der Waals surface area contributed by atoms with Crippen LogP contribution >= 0.6 is 0 Å². The maximum atomic E-state index is 12.8. The quantitative estimate of drug-likeness (QED) is 0.0261. The van der Waals surface area contributed by atoms with Crippen LogP contribution in [0, 0.1) is 0 Å². The van der Waals surface area contributed by atoms with Crippen molar-refractivity contribution in [2.24, 2.45) is 0 Å². The largest absolute Gasteiger partial charge is 0.462 e. The van der Waals surface area contributed by atoms with E-state index in [0.717, 1.165) is 77.0 Å². The van der Waals surface area contributed by atoms with Crippen molar-refractivity contribution in [3.05, 3.63) is 85.1 Å². The Labute approximate surface area is 433 Å². The van der Waals surface area contributed by atoms with E-state index in [0.29, 0.717) is 19.3 Å². The molecule has 0 aromatic carbocycles. The van der Waals surface area contributed by atoms with E-state index in [-0.39, 0.29) is 37.5 Å². The minimum atomic E-state index is -0.805.